The quantitative estimate of drug-likeness (QED) is 0.250. The standard InChI is InChI=1S/C18H15ClN6O3S/c1-2-9-24-17(12-5-7-20-8-6-12)22-23-18(24)29-11-16(26)21-15-4-3-13(25(27)28)10-14(15)19/h2-8,10H,1,9,11H2,(H,21,26). The van der Waals surface area contributed by atoms with E-state index in [1.165, 1.54) is 30.0 Å². The van der Waals surface area contributed by atoms with E-state index in [9.17, 15) is 14.9 Å². The molecular weight excluding hydrogens is 416 g/mol. The van der Waals surface area contributed by atoms with Gasteiger partial charge in [0.25, 0.3) is 5.69 Å². The number of nitro groups is 1. The molecule has 0 saturated carbocycles. The van der Waals surface area contributed by atoms with Gasteiger partial charge in [0.2, 0.25) is 5.91 Å². The van der Waals surface area contributed by atoms with Gasteiger partial charge in [-0.2, -0.15) is 0 Å². The molecule has 11 heteroatoms. The number of anilines is 1. The van der Waals surface area contributed by atoms with Crippen molar-refractivity contribution in [2.75, 3.05) is 11.1 Å². The van der Waals surface area contributed by atoms with E-state index in [0.29, 0.717) is 23.2 Å². The van der Waals surface area contributed by atoms with E-state index in [1.54, 1.807) is 18.5 Å². The van der Waals surface area contributed by atoms with Gasteiger partial charge in [0.1, 0.15) is 0 Å². The third-order valence-corrected chi connectivity index (χ3v) is 5.02. The summed E-state index contributed by atoms with van der Waals surface area (Å²) in [6.45, 7) is 4.23. The van der Waals surface area contributed by atoms with Gasteiger partial charge in [0.05, 0.1) is 21.4 Å². The molecule has 29 heavy (non-hydrogen) atoms. The van der Waals surface area contributed by atoms with Crippen LogP contribution in [-0.2, 0) is 11.3 Å². The van der Waals surface area contributed by atoms with Crippen molar-refractivity contribution in [3.05, 3.63) is 70.5 Å². The van der Waals surface area contributed by atoms with Crippen molar-refractivity contribution in [2.45, 2.75) is 11.7 Å². The first kappa shape index (κ1) is 20.5. The topological polar surface area (TPSA) is 116 Å². The van der Waals surface area contributed by atoms with Crippen LogP contribution in [0, 0.1) is 10.1 Å². The van der Waals surface area contributed by atoms with Gasteiger partial charge in [0.15, 0.2) is 11.0 Å². The number of pyridine rings is 1. The summed E-state index contributed by atoms with van der Waals surface area (Å²) in [6, 6.07) is 7.50. The summed E-state index contributed by atoms with van der Waals surface area (Å²) in [5.41, 5.74) is 1.000. The number of nitro benzene ring substituents is 1. The van der Waals surface area contributed by atoms with Gasteiger partial charge >= 0.3 is 0 Å². The molecule has 0 unspecified atom stereocenters. The van der Waals surface area contributed by atoms with Gasteiger partial charge in [0, 0.05) is 36.6 Å². The molecule has 0 radical (unpaired) electrons. The number of nitrogens with one attached hydrogen (secondary N) is 1. The van der Waals surface area contributed by atoms with Gasteiger partial charge in [-0.1, -0.05) is 29.4 Å². The van der Waals surface area contributed by atoms with Crippen LogP contribution in [0.4, 0.5) is 11.4 Å². The van der Waals surface area contributed by atoms with Crippen molar-refractivity contribution in [3.8, 4) is 11.4 Å². The van der Waals surface area contributed by atoms with Gasteiger partial charge in [-0.25, -0.2) is 0 Å². The Labute approximate surface area is 175 Å². The van der Waals surface area contributed by atoms with Crippen LogP contribution in [0.1, 0.15) is 0 Å². The number of carbonyl (C=O) groups is 1. The van der Waals surface area contributed by atoms with Gasteiger partial charge in [-0.15, -0.1) is 16.8 Å². The lowest BCUT2D eigenvalue weighted by Gasteiger charge is -2.09. The molecule has 1 amide bonds. The van der Waals surface area contributed by atoms with Crippen molar-refractivity contribution in [2.24, 2.45) is 0 Å². The highest BCUT2D eigenvalue weighted by atomic mass is 35.5. The Morgan fingerprint density at radius 2 is 2.07 bits per heavy atom. The predicted molar refractivity (Wildman–Crippen MR) is 111 cm³/mol. The molecule has 0 fully saturated rings. The van der Waals surface area contributed by atoms with Gasteiger partial charge < -0.3 is 5.32 Å². The highest BCUT2D eigenvalue weighted by Crippen LogP contribution is 2.27. The van der Waals surface area contributed by atoms with Gasteiger partial charge in [-0.3, -0.25) is 24.5 Å². The summed E-state index contributed by atoms with van der Waals surface area (Å²) >= 11 is 7.21. The highest BCUT2D eigenvalue weighted by Gasteiger charge is 2.16. The van der Waals surface area contributed by atoms with E-state index >= 15 is 0 Å². The van der Waals surface area contributed by atoms with Crippen LogP contribution < -0.4 is 5.32 Å². The summed E-state index contributed by atoms with van der Waals surface area (Å²) in [5.74, 6) is 0.372. The van der Waals surface area contributed by atoms with Crippen molar-refractivity contribution >= 4 is 40.6 Å². The van der Waals surface area contributed by atoms with E-state index in [1.807, 2.05) is 16.7 Å². The second kappa shape index (κ2) is 9.30. The number of aromatic nitrogens is 4. The number of carbonyl (C=O) groups excluding carboxylic acids is 1. The van der Waals surface area contributed by atoms with Crippen molar-refractivity contribution in [3.63, 3.8) is 0 Å². The summed E-state index contributed by atoms with van der Waals surface area (Å²) < 4.78 is 1.85. The number of hydrogen-bond donors (Lipinski definition) is 1. The first-order chi connectivity index (χ1) is 14.0. The highest BCUT2D eigenvalue weighted by molar-refractivity contribution is 7.99. The largest absolute Gasteiger partial charge is 0.324 e. The average Bonchev–Trinajstić information content (AvgIpc) is 3.11. The second-order valence-electron chi connectivity index (χ2n) is 5.70. The fourth-order valence-corrected chi connectivity index (χ4v) is 3.41. The van der Waals surface area contributed by atoms with E-state index in [0.717, 1.165) is 5.56 Å². The molecule has 0 spiro atoms. The molecular formula is C18H15ClN6O3S. The molecule has 2 heterocycles. The van der Waals surface area contributed by atoms with Crippen LogP contribution >= 0.6 is 23.4 Å². The molecule has 0 aliphatic heterocycles. The Kier molecular flexibility index (Phi) is 6.57. The fourth-order valence-electron chi connectivity index (χ4n) is 2.44. The zero-order valence-electron chi connectivity index (χ0n) is 15.0. The fraction of sp³-hybridized carbons (Fsp3) is 0.111. The number of non-ortho nitro benzene ring substituents is 1. The van der Waals surface area contributed by atoms with Crippen LogP contribution in [0.2, 0.25) is 5.02 Å². The first-order valence-electron chi connectivity index (χ1n) is 8.30. The maximum Gasteiger partial charge on any atom is 0.271 e. The number of benzene rings is 1. The Balaban J connectivity index is 1.70. The lowest BCUT2D eigenvalue weighted by molar-refractivity contribution is -0.384. The Morgan fingerprint density at radius 3 is 2.72 bits per heavy atom. The van der Waals surface area contributed by atoms with E-state index in [-0.39, 0.29) is 22.4 Å². The van der Waals surface area contributed by atoms with Crippen LogP contribution in [0.5, 0.6) is 0 Å². The van der Waals surface area contributed by atoms with E-state index < -0.39 is 4.92 Å². The van der Waals surface area contributed by atoms with Crippen LogP contribution in [0.3, 0.4) is 0 Å². The molecule has 9 nitrogen and oxygen atoms in total. The number of amides is 1. The zero-order chi connectivity index (χ0) is 20.8. The molecule has 0 bridgehead atoms. The Hall–Kier alpha value is -3.24. The normalized spacial score (nSPS) is 10.5. The predicted octanol–water partition coefficient (Wildman–Crippen LogP) is 3.82. The summed E-state index contributed by atoms with van der Waals surface area (Å²) in [7, 11) is 0. The van der Waals surface area contributed by atoms with Crippen LogP contribution in [-0.4, -0.2) is 36.3 Å². The third-order valence-electron chi connectivity index (χ3n) is 3.74. The lowest BCUT2D eigenvalue weighted by Crippen LogP contribution is -2.15. The Bertz CT molecular complexity index is 1060. The van der Waals surface area contributed by atoms with Crippen molar-refractivity contribution in [1.82, 2.24) is 19.7 Å². The maximum absolute atomic E-state index is 12.3. The molecule has 1 aromatic carbocycles. The molecule has 3 rings (SSSR count). The number of hydrogen-bond acceptors (Lipinski definition) is 7. The number of halogens is 1. The Morgan fingerprint density at radius 1 is 1.31 bits per heavy atom. The molecule has 0 atom stereocenters. The minimum atomic E-state index is -0.555. The third kappa shape index (κ3) is 4.98. The summed E-state index contributed by atoms with van der Waals surface area (Å²) in [6.07, 6.45) is 5.04. The molecule has 0 aliphatic rings. The summed E-state index contributed by atoms with van der Waals surface area (Å²) in [5, 5.41) is 22.4. The minimum absolute atomic E-state index is 0.0545. The second-order valence-corrected chi connectivity index (χ2v) is 7.05. The smallest absolute Gasteiger partial charge is 0.271 e. The van der Waals surface area contributed by atoms with Crippen molar-refractivity contribution < 1.29 is 9.72 Å². The van der Waals surface area contributed by atoms with E-state index in [2.05, 4.69) is 27.1 Å². The molecule has 148 valence electrons. The number of thioether (sulfide) groups is 1. The molecule has 3 aromatic rings. The van der Waals surface area contributed by atoms with Crippen LogP contribution in [0.15, 0.2) is 60.5 Å². The molecule has 1 N–H and O–H groups in total. The summed E-state index contributed by atoms with van der Waals surface area (Å²) in [4.78, 5) is 26.5. The number of allylic oxidation sites excluding steroid dienone is 1. The molecule has 2 aromatic heterocycles. The van der Waals surface area contributed by atoms with E-state index in [4.69, 9.17) is 11.6 Å². The zero-order valence-corrected chi connectivity index (χ0v) is 16.6. The molecule has 0 aliphatic carbocycles. The maximum atomic E-state index is 12.3. The number of rotatable bonds is 8. The minimum Gasteiger partial charge on any atom is -0.324 e. The van der Waals surface area contributed by atoms with Crippen LogP contribution in [0.25, 0.3) is 11.4 Å². The average molecular weight is 431 g/mol. The van der Waals surface area contributed by atoms with Gasteiger partial charge in [-0.05, 0) is 18.2 Å². The SMILES string of the molecule is C=CCn1c(SCC(=O)Nc2ccc([N+](=O)[O-])cc2Cl)nnc1-c1ccncc1. The number of nitrogens with zero attached hydrogens (tertiary/aromatic N) is 5. The first-order valence-corrected chi connectivity index (χ1v) is 9.67. The molecule has 0 saturated heterocycles. The van der Waals surface area contributed by atoms with Crippen molar-refractivity contribution in [1.29, 1.82) is 0 Å². The monoisotopic (exact) mass is 430 g/mol. The lowest BCUT2D eigenvalue weighted by atomic mass is 10.2.